The van der Waals surface area contributed by atoms with Crippen molar-refractivity contribution in [1.29, 1.82) is 0 Å². The van der Waals surface area contributed by atoms with Crippen LogP contribution in [0.25, 0.3) is 0 Å². The van der Waals surface area contributed by atoms with Crippen LogP contribution < -0.4 is 10.6 Å². The highest BCUT2D eigenvalue weighted by Crippen LogP contribution is 2.39. The SMILES string of the molecule is Cc1c(Cl)nc(C2CC2)nc1NC(C)C(=O)NC(C)C. The molecular formula is C14H21ClN4O. The number of hydrogen-bond acceptors (Lipinski definition) is 4. The van der Waals surface area contributed by atoms with E-state index in [0.29, 0.717) is 16.9 Å². The number of anilines is 1. The Morgan fingerprint density at radius 3 is 2.50 bits per heavy atom. The lowest BCUT2D eigenvalue weighted by Crippen LogP contribution is -2.41. The van der Waals surface area contributed by atoms with Gasteiger partial charge in [-0.2, -0.15) is 0 Å². The van der Waals surface area contributed by atoms with Gasteiger partial charge in [0.25, 0.3) is 0 Å². The van der Waals surface area contributed by atoms with Crippen LogP contribution in [-0.4, -0.2) is 28.0 Å². The van der Waals surface area contributed by atoms with Crippen molar-refractivity contribution in [3.8, 4) is 0 Å². The summed E-state index contributed by atoms with van der Waals surface area (Å²) in [6.45, 7) is 7.53. The summed E-state index contributed by atoms with van der Waals surface area (Å²) in [5, 5.41) is 6.46. The number of amides is 1. The van der Waals surface area contributed by atoms with Crippen LogP contribution in [0.3, 0.4) is 0 Å². The third-order valence-electron chi connectivity index (χ3n) is 3.22. The molecule has 110 valence electrons. The molecule has 0 spiro atoms. The molecule has 1 saturated carbocycles. The quantitative estimate of drug-likeness (QED) is 0.820. The number of carbonyl (C=O) groups is 1. The molecule has 1 amide bonds. The molecule has 6 heteroatoms. The first-order chi connectivity index (χ1) is 9.38. The maximum atomic E-state index is 11.9. The Kier molecular flexibility index (Phi) is 4.48. The summed E-state index contributed by atoms with van der Waals surface area (Å²) in [6, 6.07) is -0.252. The van der Waals surface area contributed by atoms with E-state index in [-0.39, 0.29) is 18.0 Å². The Hall–Kier alpha value is -1.36. The Bertz CT molecular complexity index is 514. The molecule has 1 heterocycles. The van der Waals surface area contributed by atoms with E-state index >= 15 is 0 Å². The minimum Gasteiger partial charge on any atom is -0.358 e. The van der Waals surface area contributed by atoms with Crippen molar-refractivity contribution in [3.63, 3.8) is 0 Å². The number of rotatable bonds is 5. The molecule has 1 fully saturated rings. The summed E-state index contributed by atoms with van der Waals surface area (Å²) in [6.07, 6.45) is 2.23. The van der Waals surface area contributed by atoms with Gasteiger partial charge in [0.2, 0.25) is 5.91 Å². The minimum atomic E-state index is -0.367. The summed E-state index contributed by atoms with van der Waals surface area (Å²) in [7, 11) is 0. The zero-order chi connectivity index (χ0) is 14.9. The highest BCUT2D eigenvalue weighted by Gasteiger charge is 2.28. The van der Waals surface area contributed by atoms with Crippen LogP contribution >= 0.6 is 11.6 Å². The Labute approximate surface area is 124 Å². The van der Waals surface area contributed by atoms with Gasteiger partial charge in [-0.05, 0) is 40.5 Å². The minimum absolute atomic E-state index is 0.0536. The average molecular weight is 297 g/mol. The molecule has 1 aliphatic rings. The van der Waals surface area contributed by atoms with Crippen molar-refractivity contribution in [2.24, 2.45) is 0 Å². The highest BCUT2D eigenvalue weighted by molar-refractivity contribution is 6.30. The van der Waals surface area contributed by atoms with Gasteiger partial charge in [-0.15, -0.1) is 0 Å². The van der Waals surface area contributed by atoms with Crippen LogP contribution in [0.4, 0.5) is 5.82 Å². The number of carbonyl (C=O) groups excluding carboxylic acids is 1. The van der Waals surface area contributed by atoms with Crippen LogP contribution in [0.2, 0.25) is 5.15 Å². The van der Waals surface area contributed by atoms with E-state index in [1.807, 2.05) is 27.7 Å². The maximum absolute atomic E-state index is 11.9. The molecule has 1 aromatic heterocycles. The molecule has 2 N–H and O–H groups in total. The fourth-order valence-corrected chi connectivity index (χ4v) is 2.03. The van der Waals surface area contributed by atoms with E-state index in [1.54, 1.807) is 0 Å². The van der Waals surface area contributed by atoms with Gasteiger partial charge >= 0.3 is 0 Å². The molecular weight excluding hydrogens is 276 g/mol. The number of halogens is 1. The molecule has 5 nitrogen and oxygen atoms in total. The molecule has 1 atom stereocenters. The first kappa shape index (κ1) is 15.0. The van der Waals surface area contributed by atoms with Crippen LogP contribution in [0.5, 0.6) is 0 Å². The van der Waals surface area contributed by atoms with Crippen molar-refractivity contribution in [1.82, 2.24) is 15.3 Å². The van der Waals surface area contributed by atoms with E-state index < -0.39 is 0 Å². The first-order valence-electron chi connectivity index (χ1n) is 6.99. The standard InChI is InChI=1S/C14H21ClN4O/c1-7(2)16-14(20)9(4)17-12-8(3)11(15)18-13(19-12)10-5-6-10/h7,9-10H,5-6H2,1-4H3,(H,16,20)(H,17,18,19). The van der Waals surface area contributed by atoms with Crippen molar-refractivity contribution >= 4 is 23.3 Å². The predicted octanol–water partition coefficient (Wildman–Crippen LogP) is 2.64. The molecule has 1 aliphatic carbocycles. The fourth-order valence-electron chi connectivity index (χ4n) is 1.85. The lowest BCUT2D eigenvalue weighted by Gasteiger charge is -2.18. The normalized spacial score (nSPS) is 16.1. The van der Waals surface area contributed by atoms with Gasteiger partial charge < -0.3 is 10.6 Å². The van der Waals surface area contributed by atoms with Gasteiger partial charge in [0.1, 0.15) is 22.8 Å². The zero-order valence-electron chi connectivity index (χ0n) is 12.3. The van der Waals surface area contributed by atoms with Crippen LogP contribution in [0.15, 0.2) is 0 Å². The van der Waals surface area contributed by atoms with Crippen molar-refractivity contribution < 1.29 is 4.79 Å². The molecule has 0 radical (unpaired) electrons. The monoisotopic (exact) mass is 296 g/mol. The van der Waals surface area contributed by atoms with Crippen LogP contribution in [-0.2, 0) is 4.79 Å². The number of nitrogens with zero attached hydrogens (tertiary/aromatic N) is 2. The second-order valence-corrected chi connectivity index (χ2v) is 6.01. The predicted molar refractivity (Wildman–Crippen MR) is 80.1 cm³/mol. The molecule has 1 aromatic rings. The van der Waals surface area contributed by atoms with Crippen LogP contribution in [0, 0.1) is 6.92 Å². The molecule has 0 aliphatic heterocycles. The van der Waals surface area contributed by atoms with Crippen molar-refractivity contribution in [2.45, 2.75) is 58.5 Å². The van der Waals surface area contributed by atoms with E-state index in [9.17, 15) is 4.79 Å². The summed E-state index contributed by atoms with van der Waals surface area (Å²) in [5.41, 5.74) is 0.778. The number of nitrogens with one attached hydrogen (secondary N) is 2. The first-order valence-corrected chi connectivity index (χ1v) is 7.37. The largest absolute Gasteiger partial charge is 0.358 e. The summed E-state index contributed by atoms with van der Waals surface area (Å²) in [5.74, 6) is 1.80. The fraction of sp³-hybridized carbons (Fsp3) is 0.643. The summed E-state index contributed by atoms with van der Waals surface area (Å²) in [4.78, 5) is 20.8. The number of aromatic nitrogens is 2. The van der Waals surface area contributed by atoms with Gasteiger partial charge in [-0.25, -0.2) is 9.97 Å². The van der Waals surface area contributed by atoms with E-state index in [4.69, 9.17) is 11.6 Å². The topological polar surface area (TPSA) is 66.9 Å². The van der Waals surface area contributed by atoms with E-state index in [1.165, 1.54) is 0 Å². The molecule has 2 rings (SSSR count). The van der Waals surface area contributed by atoms with Gasteiger partial charge in [-0.1, -0.05) is 11.6 Å². The lowest BCUT2D eigenvalue weighted by molar-refractivity contribution is -0.122. The lowest BCUT2D eigenvalue weighted by atomic mass is 10.2. The molecule has 0 saturated heterocycles. The Morgan fingerprint density at radius 1 is 1.30 bits per heavy atom. The maximum Gasteiger partial charge on any atom is 0.242 e. The molecule has 20 heavy (non-hydrogen) atoms. The number of hydrogen-bond donors (Lipinski definition) is 2. The van der Waals surface area contributed by atoms with Gasteiger partial charge in [0, 0.05) is 17.5 Å². The summed E-state index contributed by atoms with van der Waals surface area (Å²) >= 11 is 6.15. The Morgan fingerprint density at radius 2 is 1.95 bits per heavy atom. The van der Waals surface area contributed by atoms with Crippen molar-refractivity contribution in [2.75, 3.05) is 5.32 Å². The third-order valence-corrected chi connectivity index (χ3v) is 3.59. The van der Waals surface area contributed by atoms with Gasteiger partial charge in [0.15, 0.2) is 0 Å². The van der Waals surface area contributed by atoms with Crippen molar-refractivity contribution in [3.05, 3.63) is 16.5 Å². The average Bonchev–Trinajstić information content (AvgIpc) is 3.17. The van der Waals surface area contributed by atoms with Gasteiger partial charge in [-0.3, -0.25) is 4.79 Å². The molecule has 0 aromatic carbocycles. The van der Waals surface area contributed by atoms with E-state index in [0.717, 1.165) is 24.2 Å². The zero-order valence-corrected chi connectivity index (χ0v) is 13.1. The smallest absolute Gasteiger partial charge is 0.242 e. The molecule has 1 unspecified atom stereocenters. The highest BCUT2D eigenvalue weighted by atomic mass is 35.5. The second kappa shape index (κ2) is 5.95. The summed E-state index contributed by atoms with van der Waals surface area (Å²) < 4.78 is 0. The third kappa shape index (κ3) is 3.60. The second-order valence-electron chi connectivity index (χ2n) is 5.65. The van der Waals surface area contributed by atoms with Gasteiger partial charge in [0.05, 0.1) is 0 Å². The Balaban J connectivity index is 2.13. The van der Waals surface area contributed by atoms with Crippen LogP contribution in [0.1, 0.15) is 50.9 Å². The molecule has 0 bridgehead atoms. The van der Waals surface area contributed by atoms with E-state index in [2.05, 4.69) is 20.6 Å².